The van der Waals surface area contributed by atoms with Gasteiger partial charge in [0, 0.05) is 42.9 Å². The average Bonchev–Trinajstić information content (AvgIpc) is 3.37. The van der Waals surface area contributed by atoms with Gasteiger partial charge in [-0.15, -0.1) is 0 Å². The highest BCUT2D eigenvalue weighted by Crippen LogP contribution is 2.44. The van der Waals surface area contributed by atoms with E-state index in [1.807, 2.05) is 50.4 Å². The quantitative estimate of drug-likeness (QED) is 0.250. The Bertz CT molecular complexity index is 1450. The fourth-order valence-corrected chi connectivity index (χ4v) is 5.50. The third-order valence-corrected chi connectivity index (χ3v) is 7.23. The normalized spacial score (nSPS) is 13.8. The molecule has 0 aliphatic carbocycles. The Morgan fingerprint density at radius 2 is 1.33 bits per heavy atom. The van der Waals surface area contributed by atoms with Crippen LogP contribution in [0, 0.1) is 20.8 Å². The van der Waals surface area contributed by atoms with E-state index in [9.17, 15) is 9.59 Å². The van der Waals surface area contributed by atoms with E-state index >= 15 is 0 Å². The number of methoxy groups -OCH3 is 2. The molecule has 42 heavy (non-hydrogen) atoms. The van der Waals surface area contributed by atoms with Gasteiger partial charge >= 0.3 is 11.9 Å². The third-order valence-electron chi connectivity index (χ3n) is 7.23. The van der Waals surface area contributed by atoms with Crippen molar-refractivity contribution in [3.63, 3.8) is 0 Å². The van der Waals surface area contributed by atoms with Gasteiger partial charge in [0.2, 0.25) is 0 Å². The molecule has 9 heteroatoms. The van der Waals surface area contributed by atoms with Crippen LogP contribution in [0.15, 0.2) is 71.2 Å². The summed E-state index contributed by atoms with van der Waals surface area (Å²) in [5.74, 6) is -1.91. The second-order valence-electron chi connectivity index (χ2n) is 10.4. The maximum absolute atomic E-state index is 13.7. The molecule has 1 aliphatic heterocycles. The minimum Gasteiger partial charge on any atom is -0.460 e. The first-order chi connectivity index (χ1) is 20.2. The lowest BCUT2D eigenvalue weighted by molar-refractivity contribution is -0.141. The molecule has 1 N–H and O–H groups in total. The molecule has 0 amide bonds. The molecule has 9 nitrogen and oxygen atoms in total. The number of hydrogen-bond acceptors (Lipinski definition) is 8. The molecule has 0 saturated heterocycles. The fraction of sp³-hybridized carbons (Fsp3) is 0.364. The van der Waals surface area contributed by atoms with Gasteiger partial charge < -0.3 is 24.3 Å². The Balaban J connectivity index is 1.99. The van der Waals surface area contributed by atoms with E-state index in [-0.39, 0.29) is 26.4 Å². The van der Waals surface area contributed by atoms with Gasteiger partial charge in [-0.05, 0) is 57.9 Å². The van der Waals surface area contributed by atoms with Crippen LogP contribution >= 0.6 is 0 Å². The lowest BCUT2D eigenvalue weighted by Crippen LogP contribution is -2.33. The van der Waals surface area contributed by atoms with Gasteiger partial charge in [-0.3, -0.25) is 0 Å². The zero-order valence-corrected chi connectivity index (χ0v) is 25.4. The van der Waals surface area contributed by atoms with E-state index in [1.165, 1.54) is 0 Å². The average molecular weight is 574 g/mol. The molecule has 1 aliphatic rings. The van der Waals surface area contributed by atoms with Crippen molar-refractivity contribution < 1.29 is 28.5 Å². The maximum Gasteiger partial charge on any atom is 0.336 e. The van der Waals surface area contributed by atoms with Gasteiger partial charge in [0.1, 0.15) is 13.2 Å². The Hall–Kier alpha value is -4.21. The number of carbonyl (C=O) groups is 2. The van der Waals surface area contributed by atoms with Crippen molar-refractivity contribution in [2.24, 2.45) is 0 Å². The number of nitrogens with one attached hydrogen (secondary N) is 1. The van der Waals surface area contributed by atoms with E-state index in [1.54, 1.807) is 32.7 Å². The van der Waals surface area contributed by atoms with Gasteiger partial charge in [-0.2, -0.15) is 5.10 Å². The molecular weight excluding hydrogens is 534 g/mol. The van der Waals surface area contributed by atoms with E-state index in [4.69, 9.17) is 24.0 Å². The molecule has 222 valence electrons. The Morgan fingerprint density at radius 1 is 0.810 bits per heavy atom. The Morgan fingerprint density at radius 3 is 1.83 bits per heavy atom. The number of aryl methyl sites for hydroxylation is 3. The van der Waals surface area contributed by atoms with Crippen LogP contribution in [-0.2, 0) is 28.5 Å². The van der Waals surface area contributed by atoms with Gasteiger partial charge in [0.05, 0.1) is 41.7 Å². The lowest BCUT2D eigenvalue weighted by atomic mass is 9.79. The van der Waals surface area contributed by atoms with Crippen molar-refractivity contribution in [2.45, 2.75) is 40.5 Å². The van der Waals surface area contributed by atoms with Crippen LogP contribution < -0.4 is 5.32 Å². The molecule has 0 unspecified atom stereocenters. The summed E-state index contributed by atoms with van der Waals surface area (Å²) in [6.07, 6.45) is 1.89. The van der Waals surface area contributed by atoms with Crippen molar-refractivity contribution in [1.29, 1.82) is 0 Å². The van der Waals surface area contributed by atoms with E-state index in [0.29, 0.717) is 33.8 Å². The van der Waals surface area contributed by atoms with Crippen molar-refractivity contribution >= 4 is 11.9 Å². The predicted molar refractivity (Wildman–Crippen MR) is 160 cm³/mol. The summed E-state index contributed by atoms with van der Waals surface area (Å²) < 4.78 is 23.2. The second-order valence-corrected chi connectivity index (χ2v) is 10.4. The molecule has 1 aromatic heterocycles. The number of dihydropyridines is 1. The number of carbonyl (C=O) groups excluding carboxylic acids is 2. The highest BCUT2D eigenvalue weighted by molar-refractivity contribution is 6.00. The highest BCUT2D eigenvalue weighted by atomic mass is 16.6. The summed E-state index contributed by atoms with van der Waals surface area (Å²) in [4.78, 5) is 27.4. The van der Waals surface area contributed by atoms with Crippen LogP contribution in [0.4, 0.5) is 0 Å². The second kappa shape index (κ2) is 13.6. The van der Waals surface area contributed by atoms with Crippen molar-refractivity contribution in [3.8, 4) is 16.9 Å². The fourth-order valence-electron chi connectivity index (χ4n) is 5.50. The van der Waals surface area contributed by atoms with Crippen molar-refractivity contribution in [3.05, 3.63) is 93.5 Å². The first-order valence-electron chi connectivity index (χ1n) is 13.9. The van der Waals surface area contributed by atoms with Gasteiger partial charge in [0.15, 0.2) is 0 Å². The first kappa shape index (κ1) is 30.7. The summed E-state index contributed by atoms with van der Waals surface area (Å²) in [7, 11) is 3.08. The van der Waals surface area contributed by atoms with Gasteiger partial charge in [-0.1, -0.05) is 35.9 Å². The molecule has 0 spiro atoms. The number of hydrogen-bond donors (Lipinski definition) is 1. The molecule has 0 radical (unpaired) electrons. The van der Waals surface area contributed by atoms with E-state index < -0.39 is 17.9 Å². The number of benzene rings is 2. The number of rotatable bonds is 11. The van der Waals surface area contributed by atoms with E-state index in [0.717, 1.165) is 27.9 Å². The Kier molecular flexibility index (Phi) is 9.98. The molecule has 4 rings (SSSR count). The molecule has 0 saturated carbocycles. The number of para-hydroxylation sites is 1. The lowest BCUT2D eigenvalue weighted by Gasteiger charge is -2.30. The van der Waals surface area contributed by atoms with E-state index in [2.05, 4.69) is 24.4 Å². The van der Waals surface area contributed by atoms with Crippen LogP contribution in [-0.4, -0.2) is 62.4 Å². The minimum absolute atomic E-state index is 0.0709. The largest absolute Gasteiger partial charge is 0.460 e. The number of ether oxygens (including phenoxy) is 4. The standard InChI is InChI=1S/C33H39N3O6/c1-20-17-21(2)27(22(3)18-20)31-26(19-36(35-31)25-11-9-8-10-12-25)30-28(32(37)41-15-13-39-6)23(4)34-24(5)29(30)33(38)42-16-14-40-7/h8-12,17-19,30,34H,13-16H2,1-7H3. The summed E-state index contributed by atoms with van der Waals surface area (Å²) in [6.45, 7) is 10.4. The third kappa shape index (κ3) is 6.48. The maximum atomic E-state index is 13.7. The summed E-state index contributed by atoms with van der Waals surface area (Å²) in [5, 5.41) is 8.29. The van der Waals surface area contributed by atoms with Crippen molar-refractivity contribution in [1.82, 2.24) is 15.1 Å². The van der Waals surface area contributed by atoms with Crippen LogP contribution in [0.5, 0.6) is 0 Å². The molecule has 0 fully saturated rings. The highest BCUT2D eigenvalue weighted by Gasteiger charge is 2.40. The zero-order valence-electron chi connectivity index (χ0n) is 25.4. The van der Waals surface area contributed by atoms with Crippen molar-refractivity contribution in [2.75, 3.05) is 40.6 Å². The SMILES string of the molecule is COCCOC(=O)C1=C(C)NC(C)=C(C(=O)OCCOC)C1c1cn(-c2ccccc2)nc1-c1c(C)cc(C)cc1C. The van der Waals surface area contributed by atoms with Crippen LogP contribution in [0.2, 0.25) is 0 Å². The molecule has 3 aromatic rings. The topological polar surface area (TPSA) is 101 Å². The molecular formula is C33H39N3O6. The molecule has 2 aromatic carbocycles. The Labute approximate surface area is 247 Å². The number of esters is 2. The summed E-state index contributed by atoms with van der Waals surface area (Å²) in [6, 6.07) is 14.0. The molecule has 0 atom stereocenters. The first-order valence-corrected chi connectivity index (χ1v) is 13.9. The smallest absolute Gasteiger partial charge is 0.336 e. The van der Waals surface area contributed by atoms with Gasteiger partial charge in [-0.25, -0.2) is 14.3 Å². The zero-order chi connectivity index (χ0) is 30.4. The number of nitrogens with zero attached hydrogens (tertiary/aromatic N) is 2. The number of allylic oxidation sites excluding steroid dienone is 2. The van der Waals surface area contributed by atoms with Gasteiger partial charge in [0.25, 0.3) is 0 Å². The molecule has 0 bridgehead atoms. The van der Waals surface area contributed by atoms with Crippen LogP contribution in [0.3, 0.4) is 0 Å². The van der Waals surface area contributed by atoms with Crippen LogP contribution in [0.1, 0.15) is 42.0 Å². The summed E-state index contributed by atoms with van der Waals surface area (Å²) >= 11 is 0. The minimum atomic E-state index is -0.816. The molecule has 2 heterocycles. The predicted octanol–water partition coefficient (Wildman–Crippen LogP) is 5.08. The summed E-state index contributed by atoms with van der Waals surface area (Å²) in [5.41, 5.74) is 8.15. The monoisotopic (exact) mass is 573 g/mol. The number of aromatic nitrogens is 2. The van der Waals surface area contributed by atoms with Crippen LogP contribution in [0.25, 0.3) is 16.9 Å².